The van der Waals surface area contributed by atoms with Crippen molar-refractivity contribution < 1.29 is 5.11 Å². The van der Waals surface area contributed by atoms with Gasteiger partial charge in [-0.3, -0.25) is 4.98 Å². The molecule has 3 rings (SSSR count). The van der Waals surface area contributed by atoms with Gasteiger partial charge in [0.25, 0.3) is 0 Å². The molecule has 0 aliphatic carbocycles. The summed E-state index contributed by atoms with van der Waals surface area (Å²) in [5.74, 6) is 0.283. The Bertz CT molecular complexity index is 767. The Balaban J connectivity index is 2.37. The number of aromatic nitrogens is 3. The fourth-order valence-electron chi connectivity index (χ4n) is 1.97. The Kier molecular flexibility index (Phi) is 2.68. The number of hydrogen-bond acceptors (Lipinski definition) is 5. The summed E-state index contributed by atoms with van der Waals surface area (Å²) in [6.07, 6.45) is 4.59. The Morgan fingerprint density at radius 2 is 2.00 bits per heavy atom. The van der Waals surface area contributed by atoms with Crippen molar-refractivity contribution in [3.05, 3.63) is 41.9 Å². The molecule has 0 unspecified atom stereocenters. The second kappa shape index (κ2) is 4.37. The molecule has 19 heavy (non-hydrogen) atoms. The molecule has 0 radical (unpaired) electrons. The van der Waals surface area contributed by atoms with E-state index in [-0.39, 0.29) is 11.6 Å². The minimum atomic E-state index is 0.0480. The summed E-state index contributed by atoms with van der Waals surface area (Å²) >= 11 is 5.94. The number of halogens is 1. The maximum absolute atomic E-state index is 9.88. The average Bonchev–Trinajstić information content (AvgIpc) is 2.39. The molecule has 3 aromatic rings. The zero-order valence-corrected chi connectivity index (χ0v) is 10.5. The largest absolute Gasteiger partial charge is 0.507 e. The summed E-state index contributed by atoms with van der Waals surface area (Å²) in [5.41, 5.74) is 7.94. The van der Waals surface area contributed by atoms with E-state index in [0.29, 0.717) is 15.9 Å². The Labute approximate surface area is 113 Å². The first-order valence-corrected chi connectivity index (χ1v) is 5.87. The third-order valence-electron chi connectivity index (χ3n) is 2.81. The van der Waals surface area contributed by atoms with Crippen LogP contribution in [0.5, 0.6) is 5.75 Å². The standard InChI is InChI=1S/C13H9ClN4O/c14-8-3-7(4-16-5-8)9-1-2-10(19)11-12(9)17-6-18-13(11)15/h1-6,19H,(H2,15,17,18). The molecule has 0 atom stereocenters. The summed E-state index contributed by atoms with van der Waals surface area (Å²) in [6, 6.07) is 5.08. The molecular formula is C13H9ClN4O. The Morgan fingerprint density at radius 1 is 1.16 bits per heavy atom. The molecule has 2 heterocycles. The van der Waals surface area contributed by atoms with E-state index in [1.807, 2.05) is 0 Å². The molecule has 0 fully saturated rings. The number of nitrogens with two attached hydrogens (primary N) is 1. The van der Waals surface area contributed by atoms with Crippen LogP contribution in [0.3, 0.4) is 0 Å². The fourth-order valence-corrected chi connectivity index (χ4v) is 2.15. The molecule has 0 bridgehead atoms. The first kappa shape index (κ1) is 11.7. The highest BCUT2D eigenvalue weighted by Gasteiger charge is 2.12. The Morgan fingerprint density at radius 3 is 2.79 bits per heavy atom. The van der Waals surface area contributed by atoms with Crippen molar-refractivity contribution in [1.82, 2.24) is 15.0 Å². The van der Waals surface area contributed by atoms with Gasteiger partial charge in [-0.2, -0.15) is 0 Å². The van der Waals surface area contributed by atoms with E-state index in [0.717, 1.165) is 11.1 Å². The van der Waals surface area contributed by atoms with E-state index in [2.05, 4.69) is 15.0 Å². The van der Waals surface area contributed by atoms with Crippen LogP contribution in [0.25, 0.3) is 22.0 Å². The zero-order chi connectivity index (χ0) is 13.4. The summed E-state index contributed by atoms with van der Waals surface area (Å²) in [7, 11) is 0. The van der Waals surface area contributed by atoms with Crippen LogP contribution in [0, 0.1) is 0 Å². The van der Waals surface area contributed by atoms with Crippen molar-refractivity contribution in [1.29, 1.82) is 0 Å². The molecular weight excluding hydrogens is 264 g/mol. The minimum absolute atomic E-state index is 0.0480. The number of rotatable bonds is 1. The predicted molar refractivity (Wildman–Crippen MR) is 73.9 cm³/mol. The van der Waals surface area contributed by atoms with Crippen LogP contribution < -0.4 is 5.73 Å². The number of fused-ring (bicyclic) bond motifs is 1. The SMILES string of the molecule is Nc1ncnc2c(-c3cncc(Cl)c3)ccc(O)c12. The van der Waals surface area contributed by atoms with Crippen molar-refractivity contribution in [3.8, 4) is 16.9 Å². The van der Waals surface area contributed by atoms with Gasteiger partial charge in [-0.15, -0.1) is 0 Å². The second-order valence-electron chi connectivity index (χ2n) is 4.01. The molecule has 1 aromatic carbocycles. The van der Waals surface area contributed by atoms with Crippen LogP contribution in [-0.2, 0) is 0 Å². The molecule has 0 spiro atoms. The first-order chi connectivity index (χ1) is 9.16. The van der Waals surface area contributed by atoms with Gasteiger partial charge in [0.1, 0.15) is 17.9 Å². The van der Waals surface area contributed by atoms with Gasteiger partial charge in [0.2, 0.25) is 0 Å². The summed E-state index contributed by atoms with van der Waals surface area (Å²) < 4.78 is 0. The number of hydrogen-bond donors (Lipinski definition) is 2. The van der Waals surface area contributed by atoms with E-state index in [9.17, 15) is 5.11 Å². The van der Waals surface area contributed by atoms with E-state index < -0.39 is 0 Å². The van der Waals surface area contributed by atoms with Crippen molar-refractivity contribution in [2.24, 2.45) is 0 Å². The lowest BCUT2D eigenvalue weighted by atomic mass is 10.0. The lowest BCUT2D eigenvalue weighted by Crippen LogP contribution is -1.95. The Hall–Kier alpha value is -2.40. The van der Waals surface area contributed by atoms with Crippen LogP contribution in [0.4, 0.5) is 5.82 Å². The van der Waals surface area contributed by atoms with Gasteiger partial charge in [-0.1, -0.05) is 11.6 Å². The highest BCUT2D eigenvalue weighted by atomic mass is 35.5. The minimum Gasteiger partial charge on any atom is -0.507 e. The molecule has 5 nitrogen and oxygen atoms in total. The molecule has 6 heteroatoms. The third-order valence-corrected chi connectivity index (χ3v) is 3.02. The van der Waals surface area contributed by atoms with E-state index in [4.69, 9.17) is 17.3 Å². The van der Waals surface area contributed by atoms with Gasteiger partial charge < -0.3 is 10.8 Å². The van der Waals surface area contributed by atoms with Crippen LogP contribution in [0.2, 0.25) is 5.02 Å². The second-order valence-corrected chi connectivity index (χ2v) is 4.44. The van der Waals surface area contributed by atoms with Crippen LogP contribution in [0.1, 0.15) is 0 Å². The molecule has 0 saturated carbocycles. The average molecular weight is 273 g/mol. The van der Waals surface area contributed by atoms with Gasteiger partial charge in [0.05, 0.1) is 15.9 Å². The lowest BCUT2D eigenvalue weighted by Gasteiger charge is -2.08. The highest BCUT2D eigenvalue weighted by Crippen LogP contribution is 2.34. The number of anilines is 1. The molecule has 0 amide bonds. The van der Waals surface area contributed by atoms with Crippen molar-refractivity contribution in [3.63, 3.8) is 0 Å². The molecule has 0 saturated heterocycles. The quantitative estimate of drug-likeness (QED) is 0.711. The van der Waals surface area contributed by atoms with Crippen LogP contribution in [-0.4, -0.2) is 20.1 Å². The number of nitrogens with zero attached hydrogens (tertiary/aromatic N) is 3. The van der Waals surface area contributed by atoms with Gasteiger partial charge in [-0.25, -0.2) is 9.97 Å². The number of pyridine rings is 1. The number of phenols is 1. The van der Waals surface area contributed by atoms with E-state index in [1.54, 1.807) is 30.6 Å². The number of phenolic OH excluding ortho intramolecular Hbond substituents is 1. The summed E-state index contributed by atoms with van der Waals surface area (Å²) in [5, 5.41) is 10.8. The normalized spacial score (nSPS) is 10.8. The first-order valence-electron chi connectivity index (χ1n) is 5.50. The predicted octanol–water partition coefficient (Wildman–Crippen LogP) is 2.63. The molecule has 0 aliphatic heterocycles. The summed E-state index contributed by atoms with van der Waals surface area (Å²) in [6.45, 7) is 0. The fraction of sp³-hybridized carbons (Fsp3) is 0. The molecule has 3 N–H and O–H groups in total. The number of benzene rings is 1. The van der Waals surface area contributed by atoms with Crippen LogP contribution >= 0.6 is 11.6 Å². The molecule has 2 aromatic heterocycles. The maximum atomic E-state index is 9.88. The molecule has 0 aliphatic rings. The highest BCUT2D eigenvalue weighted by molar-refractivity contribution is 6.30. The van der Waals surface area contributed by atoms with Crippen molar-refractivity contribution in [2.45, 2.75) is 0 Å². The third kappa shape index (κ3) is 1.94. The molecule has 94 valence electrons. The maximum Gasteiger partial charge on any atom is 0.138 e. The van der Waals surface area contributed by atoms with E-state index >= 15 is 0 Å². The van der Waals surface area contributed by atoms with Gasteiger partial charge in [0.15, 0.2) is 0 Å². The lowest BCUT2D eigenvalue weighted by molar-refractivity contribution is 0.481. The smallest absolute Gasteiger partial charge is 0.138 e. The van der Waals surface area contributed by atoms with Gasteiger partial charge >= 0.3 is 0 Å². The topological polar surface area (TPSA) is 84.9 Å². The number of nitrogen functional groups attached to an aromatic ring is 1. The van der Waals surface area contributed by atoms with Crippen LogP contribution in [0.15, 0.2) is 36.9 Å². The van der Waals surface area contributed by atoms with E-state index in [1.165, 1.54) is 6.33 Å². The monoisotopic (exact) mass is 272 g/mol. The zero-order valence-electron chi connectivity index (χ0n) is 9.71. The van der Waals surface area contributed by atoms with Crippen molar-refractivity contribution >= 4 is 28.3 Å². The summed E-state index contributed by atoms with van der Waals surface area (Å²) in [4.78, 5) is 12.1. The van der Waals surface area contributed by atoms with Gasteiger partial charge in [-0.05, 0) is 18.2 Å². The van der Waals surface area contributed by atoms with Crippen molar-refractivity contribution in [2.75, 3.05) is 5.73 Å². The van der Waals surface area contributed by atoms with Gasteiger partial charge in [0, 0.05) is 23.5 Å². The number of aromatic hydroxyl groups is 1.